The highest BCUT2D eigenvalue weighted by Crippen LogP contribution is 2.26. The van der Waals surface area contributed by atoms with Crippen LogP contribution < -0.4 is 11.1 Å². The van der Waals surface area contributed by atoms with E-state index in [1.165, 1.54) is 11.3 Å². The van der Waals surface area contributed by atoms with Gasteiger partial charge in [-0.25, -0.2) is 4.79 Å². The molecule has 3 rings (SSSR count). The molecule has 5 N–H and O–H groups in total. The Morgan fingerprint density at radius 2 is 2.23 bits per heavy atom. The Bertz CT molecular complexity index is 839. The molecule has 114 valence electrons. The van der Waals surface area contributed by atoms with E-state index in [0.717, 1.165) is 28.7 Å². The summed E-state index contributed by atoms with van der Waals surface area (Å²) in [6.07, 6.45) is 3.42. The van der Waals surface area contributed by atoms with E-state index in [-0.39, 0.29) is 5.95 Å². The standard InChI is InChI=1S/C14H15N5O2S/c1-16-11-10-7(6-17-12(10)19-14(15)18-11)2-3-8-4-5-9(22-8)13(20)21/h4-6H,2-3H2,1H3,(H,20,21)(H4,15,16,17,18,19). The van der Waals surface area contributed by atoms with Crippen molar-refractivity contribution >= 4 is 40.1 Å². The number of hydrogen-bond donors (Lipinski definition) is 4. The number of fused-ring (bicyclic) bond motifs is 1. The van der Waals surface area contributed by atoms with Crippen molar-refractivity contribution in [3.05, 3.63) is 33.6 Å². The van der Waals surface area contributed by atoms with E-state index in [9.17, 15) is 4.79 Å². The minimum absolute atomic E-state index is 0.217. The first kappa shape index (κ1) is 14.3. The summed E-state index contributed by atoms with van der Waals surface area (Å²) >= 11 is 1.30. The maximum atomic E-state index is 10.9. The van der Waals surface area contributed by atoms with Crippen LogP contribution in [0.1, 0.15) is 20.1 Å². The van der Waals surface area contributed by atoms with E-state index < -0.39 is 5.97 Å². The average Bonchev–Trinajstić information content (AvgIpc) is 3.10. The fourth-order valence-electron chi connectivity index (χ4n) is 2.38. The summed E-state index contributed by atoms with van der Waals surface area (Å²) < 4.78 is 0. The average molecular weight is 317 g/mol. The highest BCUT2D eigenvalue weighted by atomic mass is 32.1. The lowest BCUT2D eigenvalue weighted by atomic mass is 10.1. The molecule has 0 saturated carbocycles. The van der Waals surface area contributed by atoms with Crippen LogP contribution in [0.3, 0.4) is 0 Å². The minimum Gasteiger partial charge on any atom is -0.477 e. The molecule has 3 heterocycles. The number of H-pyrrole nitrogens is 1. The van der Waals surface area contributed by atoms with Crippen LogP contribution in [0, 0.1) is 0 Å². The molecule has 0 unspecified atom stereocenters. The van der Waals surface area contributed by atoms with Crippen molar-refractivity contribution in [2.45, 2.75) is 12.8 Å². The number of nitrogens with zero attached hydrogens (tertiary/aromatic N) is 2. The summed E-state index contributed by atoms with van der Waals surface area (Å²) in [5.41, 5.74) is 7.44. The predicted octanol–water partition coefficient (Wildman–Crippen LogP) is 2.13. The van der Waals surface area contributed by atoms with Crippen molar-refractivity contribution < 1.29 is 9.90 Å². The highest BCUT2D eigenvalue weighted by molar-refractivity contribution is 7.13. The third-order valence-corrected chi connectivity index (χ3v) is 4.51. The number of aromatic nitrogens is 3. The number of thiophene rings is 1. The van der Waals surface area contributed by atoms with Crippen LogP contribution in [0.25, 0.3) is 11.0 Å². The topological polar surface area (TPSA) is 117 Å². The van der Waals surface area contributed by atoms with Crippen LogP contribution in [0.15, 0.2) is 18.3 Å². The van der Waals surface area contributed by atoms with Gasteiger partial charge in [0, 0.05) is 18.1 Å². The SMILES string of the molecule is CNc1nc(N)nc2[nH]cc(CCc3ccc(C(=O)O)s3)c12. The Morgan fingerprint density at radius 3 is 2.91 bits per heavy atom. The van der Waals surface area contributed by atoms with E-state index in [2.05, 4.69) is 20.3 Å². The summed E-state index contributed by atoms with van der Waals surface area (Å²) in [6.45, 7) is 0. The fraction of sp³-hybridized carbons (Fsp3) is 0.214. The number of hydrogen-bond acceptors (Lipinski definition) is 6. The number of aromatic carboxylic acids is 1. The summed E-state index contributed by atoms with van der Waals surface area (Å²) in [6, 6.07) is 3.50. The summed E-state index contributed by atoms with van der Waals surface area (Å²) in [5.74, 6) is 0.0236. The van der Waals surface area contributed by atoms with Gasteiger partial charge in [0.2, 0.25) is 5.95 Å². The Morgan fingerprint density at radius 1 is 1.41 bits per heavy atom. The second-order valence-corrected chi connectivity index (χ2v) is 5.96. The number of carboxylic acids is 1. The van der Waals surface area contributed by atoms with Crippen LogP contribution >= 0.6 is 11.3 Å². The minimum atomic E-state index is -0.885. The maximum absolute atomic E-state index is 10.9. The number of nitrogen functional groups attached to an aromatic ring is 1. The first-order chi connectivity index (χ1) is 10.6. The number of nitrogens with two attached hydrogens (primary N) is 1. The van der Waals surface area contributed by atoms with Crippen molar-refractivity contribution in [2.24, 2.45) is 0 Å². The summed E-state index contributed by atoms with van der Waals surface area (Å²) in [5, 5.41) is 12.9. The zero-order valence-electron chi connectivity index (χ0n) is 11.9. The molecule has 22 heavy (non-hydrogen) atoms. The van der Waals surface area contributed by atoms with Crippen molar-refractivity contribution in [3.63, 3.8) is 0 Å². The van der Waals surface area contributed by atoms with Crippen LogP contribution in [-0.2, 0) is 12.8 Å². The largest absolute Gasteiger partial charge is 0.477 e. The van der Waals surface area contributed by atoms with Gasteiger partial charge in [-0.3, -0.25) is 0 Å². The molecule has 0 saturated heterocycles. The molecule has 0 amide bonds. The molecule has 3 aromatic rings. The molecule has 7 nitrogen and oxygen atoms in total. The van der Waals surface area contributed by atoms with Gasteiger partial charge in [-0.2, -0.15) is 9.97 Å². The number of rotatable bonds is 5. The molecule has 0 spiro atoms. The zero-order valence-corrected chi connectivity index (χ0v) is 12.7. The van der Waals surface area contributed by atoms with Crippen LogP contribution in [0.4, 0.5) is 11.8 Å². The van der Waals surface area contributed by atoms with E-state index in [4.69, 9.17) is 10.8 Å². The van der Waals surface area contributed by atoms with Crippen molar-refractivity contribution in [1.29, 1.82) is 0 Å². The third kappa shape index (κ3) is 2.60. The van der Waals surface area contributed by atoms with Crippen molar-refractivity contribution in [3.8, 4) is 0 Å². The maximum Gasteiger partial charge on any atom is 0.345 e. The second kappa shape index (κ2) is 5.64. The van der Waals surface area contributed by atoms with Gasteiger partial charge in [0.25, 0.3) is 0 Å². The number of carbonyl (C=O) groups is 1. The molecule has 0 fully saturated rings. The normalized spacial score (nSPS) is 11.0. The Labute approximate surface area is 130 Å². The first-order valence-corrected chi connectivity index (χ1v) is 7.53. The number of carboxylic acid groups (broad SMARTS) is 1. The number of nitrogens with one attached hydrogen (secondary N) is 2. The molecule has 3 aromatic heterocycles. The third-order valence-electron chi connectivity index (χ3n) is 3.38. The van der Waals surface area contributed by atoms with Gasteiger partial charge < -0.3 is 21.1 Å². The predicted molar refractivity (Wildman–Crippen MR) is 86.5 cm³/mol. The molecule has 0 aliphatic heterocycles. The van der Waals surface area contributed by atoms with Crippen molar-refractivity contribution in [1.82, 2.24) is 15.0 Å². The zero-order chi connectivity index (χ0) is 15.7. The fourth-order valence-corrected chi connectivity index (χ4v) is 3.22. The van der Waals surface area contributed by atoms with Crippen molar-refractivity contribution in [2.75, 3.05) is 18.1 Å². The summed E-state index contributed by atoms with van der Waals surface area (Å²) in [4.78, 5) is 23.8. The van der Waals surface area contributed by atoms with Crippen LogP contribution in [-0.4, -0.2) is 33.1 Å². The Hall–Kier alpha value is -2.61. The molecule has 0 atom stereocenters. The van der Waals surface area contributed by atoms with Gasteiger partial charge in [0.1, 0.15) is 16.3 Å². The van der Waals surface area contributed by atoms with Gasteiger partial charge in [0.15, 0.2) is 0 Å². The van der Waals surface area contributed by atoms with E-state index in [1.807, 2.05) is 12.3 Å². The molecular formula is C14H15N5O2S. The molecule has 8 heteroatoms. The first-order valence-electron chi connectivity index (χ1n) is 6.71. The lowest BCUT2D eigenvalue weighted by molar-refractivity contribution is 0.0702. The highest BCUT2D eigenvalue weighted by Gasteiger charge is 2.13. The number of aromatic amines is 1. The van der Waals surface area contributed by atoms with Crippen LogP contribution in [0.5, 0.6) is 0 Å². The lowest BCUT2D eigenvalue weighted by Crippen LogP contribution is -2.01. The lowest BCUT2D eigenvalue weighted by Gasteiger charge is -2.04. The van der Waals surface area contributed by atoms with E-state index in [0.29, 0.717) is 16.3 Å². The molecule has 0 aliphatic rings. The molecule has 0 radical (unpaired) electrons. The van der Waals surface area contributed by atoms with Gasteiger partial charge in [0.05, 0.1) is 5.39 Å². The summed E-state index contributed by atoms with van der Waals surface area (Å²) in [7, 11) is 1.79. The second-order valence-electron chi connectivity index (χ2n) is 4.79. The van der Waals surface area contributed by atoms with Gasteiger partial charge in [-0.1, -0.05) is 0 Å². The number of aryl methyl sites for hydroxylation is 2. The van der Waals surface area contributed by atoms with Gasteiger partial charge >= 0.3 is 5.97 Å². The monoisotopic (exact) mass is 317 g/mol. The van der Waals surface area contributed by atoms with Gasteiger partial charge in [-0.05, 0) is 30.5 Å². The Kier molecular flexibility index (Phi) is 3.68. The van der Waals surface area contributed by atoms with E-state index >= 15 is 0 Å². The molecule has 0 aromatic carbocycles. The molecule has 0 bridgehead atoms. The van der Waals surface area contributed by atoms with Crippen LogP contribution in [0.2, 0.25) is 0 Å². The van der Waals surface area contributed by atoms with E-state index in [1.54, 1.807) is 13.1 Å². The molecule has 0 aliphatic carbocycles. The quantitative estimate of drug-likeness (QED) is 0.572. The van der Waals surface area contributed by atoms with Gasteiger partial charge in [-0.15, -0.1) is 11.3 Å². The number of anilines is 2. The molecular weight excluding hydrogens is 302 g/mol. The smallest absolute Gasteiger partial charge is 0.345 e. The Balaban J connectivity index is 1.86.